The lowest BCUT2D eigenvalue weighted by atomic mass is 10.0. The SMILES string of the molecule is COC1CCN(Cc2ccc(-c3cnc4[nH]c5cnc(C#N)cc5c4c3)cc2)CC1. The number of likely N-dealkylation sites (tertiary alicyclic amines) is 1. The van der Waals surface area contributed by atoms with E-state index in [9.17, 15) is 0 Å². The standard InChI is InChI=1S/C24H23N5O/c1-30-20-6-8-29(9-7-20)15-16-2-4-17(5-3-16)18-10-22-21-11-19(12-25)26-14-23(21)28-24(22)27-13-18/h2-5,10-11,13-14,20H,6-9,15H2,1H3,(H,27,28). The molecule has 4 aromatic rings. The third-order valence-corrected chi connectivity index (χ3v) is 6.01. The number of hydrogen-bond acceptors (Lipinski definition) is 5. The Morgan fingerprint density at radius 1 is 1.07 bits per heavy atom. The minimum atomic E-state index is 0.410. The average Bonchev–Trinajstić information content (AvgIpc) is 3.17. The number of aromatic nitrogens is 3. The Labute approximate surface area is 175 Å². The zero-order valence-electron chi connectivity index (χ0n) is 16.9. The number of rotatable bonds is 4. The summed E-state index contributed by atoms with van der Waals surface area (Å²) in [5.74, 6) is 0. The van der Waals surface area contributed by atoms with E-state index in [1.165, 1.54) is 5.56 Å². The van der Waals surface area contributed by atoms with Crippen molar-refractivity contribution >= 4 is 21.9 Å². The van der Waals surface area contributed by atoms with Crippen LogP contribution in [0.3, 0.4) is 0 Å². The number of benzene rings is 1. The van der Waals surface area contributed by atoms with Crippen molar-refractivity contribution in [3.63, 3.8) is 0 Å². The highest BCUT2D eigenvalue weighted by Crippen LogP contribution is 2.29. The van der Waals surface area contributed by atoms with Crippen LogP contribution in [0, 0.1) is 11.3 Å². The van der Waals surface area contributed by atoms with Gasteiger partial charge in [-0.15, -0.1) is 0 Å². The molecule has 5 rings (SSSR count). The van der Waals surface area contributed by atoms with Crippen molar-refractivity contribution in [3.8, 4) is 17.2 Å². The Hall–Kier alpha value is -3.27. The number of methoxy groups -OCH3 is 1. The summed E-state index contributed by atoms with van der Waals surface area (Å²) in [5, 5.41) is 11.1. The molecule has 4 heterocycles. The molecule has 6 nitrogen and oxygen atoms in total. The second-order valence-electron chi connectivity index (χ2n) is 7.88. The monoisotopic (exact) mass is 397 g/mol. The molecule has 1 aromatic carbocycles. The van der Waals surface area contributed by atoms with Gasteiger partial charge in [0.15, 0.2) is 0 Å². The van der Waals surface area contributed by atoms with Crippen molar-refractivity contribution in [2.24, 2.45) is 0 Å². The number of ether oxygens (including phenoxy) is 1. The van der Waals surface area contributed by atoms with Crippen LogP contribution >= 0.6 is 0 Å². The number of nitrogens with one attached hydrogen (secondary N) is 1. The quantitative estimate of drug-likeness (QED) is 0.557. The Kier molecular flexibility index (Phi) is 4.91. The van der Waals surface area contributed by atoms with Gasteiger partial charge in [0, 0.05) is 49.3 Å². The molecule has 0 saturated carbocycles. The fourth-order valence-corrected chi connectivity index (χ4v) is 4.26. The van der Waals surface area contributed by atoms with Gasteiger partial charge >= 0.3 is 0 Å². The smallest absolute Gasteiger partial charge is 0.141 e. The molecule has 0 aliphatic carbocycles. The van der Waals surface area contributed by atoms with E-state index in [0.29, 0.717) is 11.8 Å². The van der Waals surface area contributed by atoms with Gasteiger partial charge < -0.3 is 9.72 Å². The number of nitriles is 1. The third kappa shape index (κ3) is 3.54. The summed E-state index contributed by atoms with van der Waals surface area (Å²) in [4.78, 5) is 14.5. The summed E-state index contributed by atoms with van der Waals surface area (Å²) in [6.45, 7) is 3.14. The van der Waals surface area contributed by atoms with Crippen LogP contribution in [0.4, 0.5) is 0 Å². The van der Waals surface area contributed by atoms with Crippen molar-refractivity contribution in [2.75, 3.05) is 20.2 Å². The Balaban J connectivity index is 1.38. The maximum Gasteiger partial charge on any atom is 0.141 e. The van der Waals surface area contributed by atoms with Crippen LogP contribution in [0.25, 0.3) is 33.1 Å². The third-order valence-electron chi connectivity index (χ3n) is 6.01. The first-order valence-electron chi connectivity index (χ1n) is 10.3. The van der Waals surface area contributed by atoms with E-state index in [0.717, 1.165) is 65.5 Å². The van der Waals surface area contributed by atoms with E-state index < -0.39 is 0 Å². The van der Waals surface area contributed by atoms with Crippen molar-refractivity contribution in [3.05, 3.63) is 60.0 Å². The van der Waals surface area contributed by atoms with Gasteiger partial charge in [-0.2, -0.15) is 5.26 Å². The molecular weight excluding hydrogens is 374 g/mol. The van der Waals surface area contributed by atoms with E-state index >= 15 is 0 Å². The van der Waals surface area contributed by atoms with Crippen LogP contribution in [-0.2, 0) is 11.3 Å². The molecule has 1 aliphatic rings. The summed E-state index contributed by atoms with van der Waals surface area (Å²) in [5.41, 5.74) is 5.62. The number of aromatic amines is 1. The van der Waals surface area contributed by atoms with Crippen molar-refractivity contribution < 1.29 is 4.74 Å². The molecule has 1 aliphatic heterocycles. The average molecular weight is 397 g/mol. The molecule has 3 aromatic heterocycles. The first-order valence-corrected chi connectivity index (χ1v) is 10.3. The fourth-order valence-electron chi connectivity index (χ4n) is 4.26. The largest absolute Gasteiger partial charge is 0.381 e. The van der Waals surface area contributed by atoms with Crippen LogP contribution < -0.4 is 0 Å². The summed E-state index contributed by atoms with van der Waals surface area (Å²) in [6.07, 6.45) is 6.21. The Morgan fingerprint density at radius 2 is 1.87 bits per heavy atom. The zero-order valence-corrected chi connectivity index (χ0v) is 16.9. The van der Waals surface area contributed by atoms with Gasteiger partial charge in [-0.3, -0.25) is 4.90 Å². The maximum absolute atomic E-state index is 9.16. The second kappa shape index (κ2) is 7.86. The lowest BCUT2D eigenvalue weighted by Crippen LogP contribution is -2.36. The van der Waals surface area contributed by atoms with Crippen molar-refractivity contribution in [1.82, 2.24) is 19.9 Å². The maximum atomic E-state index is 9.16. The highest BCUT2D eigenvalue weighted by Gasteiger charge is 2.18. The second-order valence-corrected chi connectivity index (χ2v) is 7.88. The number of H-pyrrole nitrogens is 1. The van der Waals surface area contributed by atoms with E-state index in [2.05, 4.69) is 56.3 Å². The van der Waals surface area contributed by atoms with E-state index in [4.69, 9.17) is 10.00 Å². The van der Waals surface area contributed by atoms with Crippen LogP contribution in [0.2, 0.25) is 0 Å². The topological polar surface area (TPSA) is 77.8 Å². The van der Waals surface area contributed by atoms with Gasteiger partial charge in [0.05, 0.1) is 17.8 Å². The van der Waals surface area contributed by atoms with Crippen LogP contribution in [0.15, 0.2) is 48.8 Å². The molecule has 0 unspecified atom stereocenters. The molecular formula is C24H23N5O. The van der Waals surface area contributed by atoms with E-state index in [1.807, 2.05) is 12.3 Å². The van der Waals surface area contributed by atoms with Gasteiger partial charge in [0.2, 0.25) is 0 Å². The Morgan fingerprint density at radius 3 is 2.60 bits per heavy atom. The van der Waals surface area contributed by atoms with Gasteiger partial charge in [0.1, 0.15) is 17.4 Å². The predicted molar refractivity (Wildman–Crippen MR) is 117 cm³/mol. The van der Waals surface area contributed by atoms with Gasteiger partial charge in [-0.25, -0.2) is 9.97 Å². The molecule has 1 saturated heterocycles. The van der Waals surface area contributed by atoms with Crippen LogP contribution in [0.5, 0.6) is 0 Å². The fraction of sp³-hybridized carbons (Fsp3) is 0.292. The molecule has 0 atom stereocenters. The normalized spacial score (nSPS) is 15.6. The minimum Gasteiger partial charge on any atom is -0.381 e. The molecule has 6 heteroatoms. The number of nitrogens with zero attached hydrogens (tertiary/aromatic N) is 4. The van der Waals surface area contributed by atoms with E-state index in [1.54, 1.807) is 13.3 Å². The van der Waals surface area contributed by atoms with Crippen molar-refractivity contribution in [1.29, 1.82) is 5.26 Å². The summed E-state index contributed by atoms with van der Waals surface area (Å²) >= 11 is 0. The zero-order chi connectivity index (χ0) is 20.5. The Bertz CT molecular complexity index is 1230. The number of pyridine rings is 2. The summed E-state index contributed by atoms with van der Waals surface area (Å²) in [6, 6.07) is 14.8. The molecule has 150 valence electrons. The molecule has 0 bridgehead atoms. The highest BCUT2D eigenvalue weighted by atomic mass is 16.5. The summed E-state index contributed by atoms with van der Waals surface area (Å²) in [7, 11) is 1.81. The minimum absolute atomic E-state index is 0.410. The molecule has 1 N–H and O–H groups in total. The van der Waals surface area contributed by atoms with Gasteiger partial charge in [-0.05, 0) is 36.1 Å². The lowest BCUT2D eigenvalue weighted by molar-refractivity contribution is 0.0389. The highest BCUT2D eigenvalue weighted by molar-refractivity contribution is 6.06. The molecule has 30 heavy (non-hydrogen) atoms. The molecule has 0 radical (unpaired) electrons. The molecule has 1 fully saturated rings. The number of hydrogen-bond donors (Lipinski definition) is 1. The van der Waals surface area contributed by atoms with Crippen LogP contribution in [-0.4, -0.2) is 46.2 Å². The number of fused-ring (bicyclic) bond motifs is 3. The first kappa shape index (κ1) is 18.7. The first-order chi connectivity index (χ1) is 14.7. The predicted octanol–water partition coefficient (Wildman–Crippen LogP) is 4.26. The van der Waals surface area contributed by atoms with Crippen molar-refractivity contribution in [2.45, 2.75) is 25.5 Å². The lowest BCUT2D eigenvalue weighted by Gasteiger charge is -2.31. The van der Waals surface area contributed by atoms with Gasteiger partial charge in [0.25, 0.3) is 0 Å². The van der Waals surface area contributed by atoms with Crippen LogP contribution in [0.1, 0.15) is 24.1 Å². The van der Waals surface area contributed by atoms with E-state index in [-0.39, 0.29) is 0 Å². The van der Waals surface area contributed by atoms with Gasteiger partial charge in [-0.1, -0.05) is 24.3 Å². The summed E-state index contributed by atoms with van der Waals surface area (Å²) < 4.78 is 5.46. The molecule has 0 amide bonds. The molecule has 0 spiro atoms. The number of piperidine rings is 1.